The van der Waals surface area contributed by atoms with Crippen molar-refractivity contribution in [1.29, 1.82) is 0 Å². The average molecular weight is 345 g/mol. The number of benzene rings is 1. The minimum absolute atomic E-state index is 0.0239. The first kappa shape index (κ1) is 16.9. The van der Waals surface area contributed by atoms with E-state index in [2.05, 4.69) is 10.6 Å². The van der Waals surface area contributed by atoms with Gasteiger partial charge < -0.3 is 15.4 Å². The Kier molecular flexibility index (Phi) is 5.53. The normalized spacial score (nSPS) is 19.5. The van der Waals surface area contributed by atoms with Crippen LogP contribution >= 0.6 is 23.2 Å². The molecule has 2 unspecified atom stereocenters. The molecule has 22 heavy (non-hydrogen) atoms. The minimum Gasteiger partial charge on any atom is -0.494 e. The molecule has 0 saturated heterocycles. The highest BCUT2D eigenvalue weighted by Crippen LogP contribution is 2.37. The number of hydrogen-bond acceptors (Lipinski definition) is 3. The molecule has 1 aromatic carbocycles. The van der Waals surface area contributed by atoms with Gasteiger partial charge in [0.25, 0.3) is 0 Å². The number of methoxy groups -OCH3 is 1. The number of ether oxygens (including phenoxy) is 1. The minimum atomic E-state index is -0.221. The van der Waals surface area contributed by atoms with Gasteiger partial charge in [-0.15, -0.1) is 0 Å². The molecule has 1 saturated carbocycles. The Morgan fingerprint density at radius 1 is 1.32 bits per heavy atom. The van der Waals surface area contributed by atoms with E-state index in [1.807, 2.05) is 6.92 Å². The second kappa shape index (κ2) is 7.20. The average Bonchev–Trinajstić information content (AvgIpc) is 3.15. The van der Waals surface area contributed by atoms with E-state index in [4.69, 9.17) is 27.9 Å². The topological polar surface area (TPSA) is 67.4 Å². The van der Waals surface area contributed by atoms with Crippen molar-refractivity contribution < 1.29 is 14.3 Å². The van der Waals surface area contributed by atoms with Gasteiger partial charge in [-0.05, 0) is 24.5 Å². The maximum Gasteiger partial charge on any atom is 0.226 e. The standard InChI is InChI=1S/C15H18Cl2N2O3/c1-8-5-10(8)15(21)18-4-3-13(20)19-9-6-11(16)14(22-2)12(17)7-9/h6-8,10H,3-5H2,1-2H3,(H,18,21)(H,19,20). The van der Waals surface area contributed by atoms with Crippen LogP contribution in [0, 0.1) is 11.8 Å². The fourth-order valence-corrected chi connectivity index (χ4v) is 2.81. The van der Waals surface area contributed by atoms with E-state index in [0.29, 0.717) is 33.9 Å². The molecule has 2 amide bonds. The molecule has 0 spiro atoms. The van der Waals surface area contributed by atoms with Crippen LogP contribution in [-0.2, 0) is 9.59 Å². The number of hydrogen-bond donors (Lipinski definition) is 2. The molecule has 5 nitrogen and oxygen atoms in total. The van der Waals surface area contributed by atoms with Crippen LogP contribution in [0.25, 0.3) is 0 Å². The summed E-state index contributed by atoms with van der Waals surface area (Å²) in [6, 6.07) is 3.13. The maximum absolute atomic E-state index is 11.8. The second-order valence-corrected chi connectivity index (χ2v) is 6.20. The summed E-state index contributed by atoms with van der Waals surface area (Å²) in [5.74, 6) is 0.740. The van der Waals surface area contributed by atoms with E-state index in [-0.39, 0.29) is 24.2 Å². The summed E-state index contributed by atoms with van der Waals surface area (Å²) in [7, 11) is 1.47. The van der Waals surface area contributed by atoms with Crippen LogP contribution < -0.4 is 15.4 Å². The molecule has 0 radical (unpaired) electrons. The Morgan fingerprint density at radius 3 is 2.41 bits per heavy atom. The number of amides is 2. The molecule has 1 aliphatic carbocycles. The van der Waals surface area contributed by atoms with Gasteiger partial charge >= 0.3 is 0 Å². The van der Waals surface area contributed by atoms with E-state index in [9.17, 15) is 9.59 Å². The van der Waals surface area contributed by atoms with Gasteiger partial charge in [0, 0.05) is 24.6 Å². The monoisotopic (exact) mass is 344 g/mol. The predicted molar refractivity (Wildman–Crippen MR) is 86.5 cm³/mol. The Balaban J connectivity index is 1.80. The van der Waals surface area contributed by atoms with Gasteiger partial charge in [0.05, 0.1) is 17.2 Å². The number of carbonyl (C=O) groups excluding carboxylic acids is 2. The van der Waals surface area contributed by atoms with Crippen molar-refractivity contribution in [3.8, 4) is 5.75 Å². The maximum atomic E-state index is 11.8. The molecule has 2 rings (SSSR count). The summed E-state index contributed by atoms with van der Waals surface area (Å²) < 4.78 is 5.04. The molecule has 120 valence electrons. The van der Waals surface area contributed by atoms with Gasteiger partial charge in [-0.2, -0.15) is 0 Å². The Bertz CT molecular complexity index is 569. The van der Waals surface area contributed by atoms with Crippen molar-refractivity contribution in [2.24, 2.45) is 11.8 Å². The van der Waals surface area contributed by atoms with Crippen LogP contribution in [0.1, 0.15) is 19.8 Å². The molecule has 1 fully saturated rings. The molecule has 2 atom stereocenters. The Morgan fingerprint density at radius 2 is 1.91 bits per heavy atom. The van der Waals surface area contributed by atoms with E-state index < -0.39 is 0 Å². The lowest BCUT2D eigenvalue weighted by atomic mass is 10.2. The van der Waals surface area contributed by atoms with Crippen LogP contribution in [0.2, 0.25) is 10.0 Å². The largest absolute Gasteiger partial charge is 0.494 e. The first-order chi connectivity index (χ1) is 10.4. The highest BCUT2D eigenvalue weighted by atomic mass is 35.5. The molecule has 7 heteroatoms. The fraction of sp³-hybridized carbons (Fsp3) is 0.467. The first-order valence-corrected chi connectivity index (χ1v) is 7.78. The molecule has 0 aromatic heterocycles. The number of halogens is 2. The highest BCUT2D eigenvalue weighted by molar-refractivity contribution is 6.37. The van der Waals surface area contributed by atoms with Crippen molar-refractivity contribution in [2.45, 2.75) is 19.8 Å². The van der Waals surface area contributed by atoms with E-state index in [1.165, 1.54) is 7.11 Å². The summed E-state index contributed by atoms with van der Waals surface area (Å²) in [5, 5.41) is 6.09. The second-order valence-electron chi connectivity index (χ2n) is 5.38. The van der Waals surface area contributed by atoms with Crippen LogP contribution in [-0.4, -0.2) is 25.5 Å². The van der Waals surface area contributed by atoms with Crippen molar-refractivity contribution in [3.05, 3.63) is 22.2 Å². The molecular weight excluding hydrogens is 327 g/mol. The molecule has 2 N–H and O–H groups in total. The summed E-state index contributed by atoms with van der Waals surface area (Å²) in [4.78, 5) is 23.5. The predicted octanol–water partition coefficient (Wildman–Crippen LogP) is 3.10. The lowest BCUT2D eigenvalue weighted by Gasteiger charge is -2.10. The van der Waals surface area contributed by atoms with Crippen LogP contribution in [0.3, 0.4) is 0 Å². The van der Waals surface area contributed by atoms with Crippen molar-refractivity contribution >= 4 is 40.7 Å². The highest BCUT2D eigenvalue weighted by Gasteiger charge is 2.38. The van der Waals surface area contributed by atoms with Crippen molar-refractivity contribution in [1.82, 2.24) is 5.32 Å². The van der Waals surface area contributed by atoms with E-state index in [1.54, 1.807) is 12.1 Å². The quantitative estimate of drug-likeness (QED) is 0.833. The van der Waals surface area contributed by atoms with Crippen LogP contribution in [0.15, 0.2) is 12.1 Å². The Hall–Kier alpha value is -1.46. The van der Waals surface area contributed by atoms with Crippen molar-refractivity contribution in [2.75, 3.05) is 19.0 Å². The zero-order valence-corrected chi connectivity index (χ0v) is 13.9. The van der Waals surface area contributed by atoms with Gasteiger partial charge in [-0.1, -0.05) is 30.1 Å². The molecule has 0 aliphatic heterocycles. The molecule has 0 heterocycles. The SMILES string of the molecule is COc1c(Cl)cc(NC(=O)CCNC(=O)C2CC2C)cc1Cl. The summed E-state index contributed by atoms with van der Waals surface area (Å²) in [6.45, 7) is 2.35. The number of rotatable bonds is 6. The summed E-state index contributed by atoms with van der Waals surface area (Å²) >= 11 is 12.0. The first-order valence-electron chi connectivity index (χ1n) is 7.03. The molecule has 0 bridgehead atoms. The Labute approximate surface area is 139 Å². The third-order valence-electron chi connectivity index (χ3n) is 3.58. The third kappa shape index (κ3) is 4.27. The number of carbonyl (C=O) groups is 2. The van der Waals surface area contributed by atoms with Crippen molar-refractivity contribution in [3.63, 3.8) is 0 Å². The zero-order valence-electron chi connectivity index (χ0n) is 12.4. The summed E-state index contributed by atoms with van der Waals surface area (Å²) in [5.41, 5.74) is 0.489. The van der Waals surface area contributed by atoms with Crippen LogP contribution in [0.4, 0.5) is 5.69 Å². The lowest BCUT2D eigenvalue weighted by Crippen LogP contribution is -2.29. The van der Waals surface area contributed by atoms with Gasteiger partial charge in [0.15, 0.2) is 5.75 Å². The molecule has 1 aliphatic rings. The smallest absolute Gasteiger partial charge is 0.226 e. The van der Waals surface area contributed by atoms with Gasteiger partial charge in [-0.3, -0.25) is 9.59 Å². The van der Waals surface area contributed by atoms with E-state index >= 15 is 0 Å². The summed E-state index contributed by atoms with van der Waals surface area (Å²) in [6.07, 6.45) is 1.12. The number of nitrogens with one attached hydrogen (secondary N) is 2. The molecular formula is C15H18Cl2N2O3. The third-order valence-corrected chi connectivity index (χ3v) is 4.15. The van der Waals surface area contributed by atoms with E-state index in [0.717, 1.165) is 6.42 Å². The fourth-order valence-electron chi connectivity index (χ4n) is 2.17. The van der Waals surface area contributed by atoms with Gasteiger partial charge in [0.2, 0.25) is 11.8 Å². The zero-order chi connectivity index (χ0) is 16.3. The lowest BCUT2D eigenvalue weighted by molar-refractivity contribution is -0.122. The van der Waals surface area contributed by atoms with Gasteiger partial charge in [-0.25, -0.2) is 0 Å². The molecule has 1 aromatic rings. The number of anilines is 1. The van der Waals surface area contributed by atoms with Gasteiger partial charge in [0.1, 0.15) is 0 Å². The van der Waals surface area contributed by atoms with Crippen LogP contribution in [0.5, 0.6) is 5.75 Å².